The predicted molar refractivity (Wildman–Crippen MR) is 121 cm³/mol. The van der Waals surface area contributed by atoms with E-state index in [1.807, 2.05) is 27.1 Å². The van der Waals surface area contributed by atoms with Crippen molar-refractivity contribution < 1.29 is 18.4 Å². The van der Waals surface area contributed by atoms with Crippen LogP contribution >= 0.6 is 0 Å². The average molecular weight is 450 g/mol. The average Bonchev–Trinajstić information content (AvgIpc) is 3.43. The van der Waals surface area contributed by atoms with Gasteiger partial charge in [0.15, 0.2) is 5.82 Å². The number of benzene rings is 1. The highest BCUT2D eigenvalue weighted by Crippen LogP contribution is 2.32. The summed E-state index contributed by atoms with van der Waals surface area (Å²) in [6.07, 6.45) is 5.15. The van der Waals surface area contributed by atoms with Gasteiger partial charge < -0.3 is 14.6 Å². The number of nitrogens with one attached hydrogen (secondary N) is 2. The molecule has 0 bridgehead atoms. The molecule has 4 rings (SSSR count). The second kappa shape index (κ2) is 9.11. The van der Waals surface area contributed by atoms with Gasteiger partial charge in [-0.2, -0.15) is 5.10 Å². The molecular formula is C23H23FN6O3. The number of urea groups is 1. The molecule has 0 atom stereocenters. The van der Waals surface area contributed by atoms with Crippen molar-refractivity contribution in [3.8, 4) is 22.8 Å². The zero-order valence-corrected chi connectivity index (χ0v) is 18.6. The van der Waals surface area contributed by atoms with Crippen LogP contribution in [0.5, 0.6) is 11.5 Å². The maximum absolute atomic E-state index is 14.9. The first-order valence-electron chi connectivity index (χ1n) is 10.3. The van der Waals surface area contributed by atoms with Gasteiger partial charge in [-0.05, 0) is 31.0 Å². The minimum atomic E-state index is -0.649. The van der Waals surface area contributed by atoms with E-state index in [9.17, 15) is 9.18 Å². The molecule has 3 aromatic heterocycles. The second-order valence-corrected chi connectivity index (χ2v) is 7.78. The summed E-state index contributed by atoms with van der Waals surface area (Å²) >= 11 is 0. The van der Waals surface area contributed by atoms with Crippen LogP contribution < -0.4 is 15.4 Å². The van der Waals surface area contributed by atoms with E-state index in [2.05, 4.69) is 25.9 Å². The molecule has 0 aliphatic rings. The Morgan fingerprint density at radius 2 is 2.03 bits per heavy atom. The van der Waals surface area contributed by atoms with Crippen molar-refractivity contribution in [2.75, 3.05) is 10.6 Å². The van der Waals surface area contributed by atoms with Crippen LogP contribution in [0, 0.1) is 12.7 Å². The molecule has 2 amide bonds. The van der Waals surface area contributed by atoms with E-state index in [0.717, 1.165) is 5.56 Å². The van der Waals surface area contributed by atoms with Crippen LogP contribution in [0.1, 0.15) is 31.0 Å². The summed E-state index contributed by atoms with van der Waals surface area (Å²) in [6, 6.07) is 7.42. The van der Waals surface area contributed by atoms with E-state index in [1.165, 1.54) is 6.07 Å². The summed E-state index contributed by atoms with van der Waals surface area (Å²) < 4.78 is 27.6. The summed E-state index contributed by atoms with van der Waals surface area (Å²) in [5.74, 6) is 0.538. The number of halogens is 1. The standard InChI is InChI=1S/C23H23FN6O3/c1-13(2)18-10-21(33-29-18)28-23(31)27-17-5-6-20(14(3)22(17)24)32-16-7-8-25-19(9-16)15-11-26-30(4)12-15/h5-13H,1-4H3,(H2,27,28,31). The van der Waals surface area contributed by atoms with Crippen LogP contribution in [0.15, 0.2) is 53.4 Å². The van der Waals surface area contributed by atoms with Crippen LogP contribution in [0.25, 0.3) is 11.3 Å². The normalized spacial score (nSPS) is 11.0. The molecule has 0 saturated heterocycles. The van der Waals surface area contributed by atoms with Gasteiger partial charge in [-0.15, -0.1) is 0 Å². The molecular weight excluding hydrogens is 427 g/mol. The van der Waals surface area contributed by atoms with Gasteiger partial charge in [0, 0.05) is 42.7 Å². The molecule has 3 heterocycles. The number of rotatable bonds is 6. The van der Waals surface area contributed by atoms with E-state index in [0.29, 0.717) is 22.9 Å². The predicted octanol–water partition coefficient (Wildman–Crippen LogP) is 5.48. The Labute approximate surface area is 189 Å². The van der Waals surface area contributed by atoms with Gasteiger partial charge in [0.1, 0.15) is 11.5 Å². The third-order valence-electron chi connectivity index (χ3n) is 4.90. The van der Waals surface area contributed by atoms with E-state index < -0.39 is 11.8 Å². The molecule has 0 fully saturated rings. The molecule has 1 aromatic carbocycles. The number of amides is 2. The Morgan fingerprint density at radius 3 is 2.73 bits per heavy atom. The first-order chi connectivity index (χ1) is 15.8. The number of carbonyl (C=O) groups is 1. The van der Waals surface area contributed by atoms with E-state index >= 15 is 0 Å². The zero-order chi connectivity index (χ0) is 23.5. The Morgan fingerprint density at radius 1 is 1.21 bits per heavy atom. The number of hydrogen-bond donors (Lipinski definition) is 2. The number of carbonyl (C=O) groups excluding carboxylic acids is 1. The molecule has 9 nitrogen and oxygen atoms in total. The number of aryl methyl sites for hydroxylation is 1. The molecule has 0 unspecified atom stereocenters. The van der Waals surface area contributed by atoms with Crippen LogP contribution in [0.4, 0.5) is 20.8 Å². The maximum atomic E-state index is 14.9. The first-order valence-corrected chi connectivity index (χ1v) is 10.3. The quantitative estimate of drug-likeness (QED) is 0.403. The summed E-state index contributed by atoms with van der Waals surface area (Å²) in [6.45, 7) is 5.48. The number of aromatic nitrogens is 4. The van der Waals surface area contributed by atoms with Gasteiger partial charge >= 0.3 is 6.03 Å². The summed E-state index contributed by atoms with van der Waals surface area (Å²) in [4.78, 5) is 16.6. The summed E-state index contributed by atoms with van der Waals surface area (Å²) in [5, 5.41) is 13.0. The second-order valence-electron chi connectivity index (χ2n) is 7.78. The number of nitrogens with zero attached hydrogens (tertiary/aromatic N) is 4. The van der Waals surface area contributed by atoms with Crippen molar-refractivity contribution in [3.05, 3.63) is 66.0 Å². The molecule has 0 spiro atoms. The van der Waals surface area contributed by atoms with Crippen LogP contribution in [0.3, 0.4) is 0 Å². The molecule has 0 aliphatic carbocycles. The molecule has 4 aromatic rings. The lowest BCUT2D eigenvalue weighted by Crippen LogP contribution is -2.20. The third-order valence-corrected chi connectivity index (χ3v) is 4.90. The fourth-order valence-electron chi connectivity index (χ4n) is 3.07. The lowest BCUT2D eigenvalue weighted by Gasteiger charge is -2.13. The van der Waals surface area contributed by atoms with Gasteiger partial charge in [-0.1, -0.05) is 19.0 Å². The van der Waals surface area contributed by atoms with E-state index in [-0.39, 0.29) is 23.1 Å². The molecule has 33 heavy (non-hydrogen) atoms. The van der Waals surface area contributed by atoms with Crippen LogP contribution in [-0.2, 0) is 7.05 Å². The van der Waals surface area contributed by atoms with Gasteiger partial charge in [0.2, 0.25) is 5.88 Å². The Hall–Kier alpha value is -4.21. The monoisotopic (exact) mass is 450 g/mol. The number of ether oxygens (including phenoxy) is 1. The number of anilines is 2. The highest BCUT2D eigenvalue weighted by molar-refractivity contribution is 5.99. The Balaban J connectivity index is 1.46. The van der Waals surface area contributed by atoms with Crippen molar-refractivity contribution >= 4 is 17.6 Å². The molecule has 0 saturated carbocycles. The van der Waals surface area contributed by atoms with Gasteiger partial charge in [-0.3, -0.25) is 15.0 Å². The van der Waals surface area contributed by atoms with E-state index in [4.69, 9.17) is 9.26 Å². The third kappa shape index (κ3) is 5.00. The minimum absolute atomic E-state index is 0.00623. The van der Waals surface area contributed by atoms with E-state index in [1.54, 1.807) is 48.3 Å². The first kappa shape index (κ1) is 22.0. The smallest absolute Gasteiger partial charge is 0.326 e. The van der Waals surface area contributed by atoms with Crippen molar-refractivity contribution in [1.82, 2.24) is 19.9 Å². The molecule has 170 valence electrons. The number of pyridine rings is 1. The molecule has 10 heteroatoms. The van der Waals surface area contributed by atoms with Crippen molar-refractivity contribution in [1.29, 1.82) is 0 Å². The van der Waals surface area contributed by atoms with Gasteiger partial charge in [0.25, 0.3) is 0 Å². The Bertz CT molecular complexity index is 1300. The molecule has 0 aliphatic heterocycles. The summed E-state index contributed by atoms with van der Waals surface area (Å²) in [7, 11) is 1.82. The van der Waals surface area contributed by atoms with Crippen LogP contribution in [-0.4, -0.2) is 26.0 Å². The largest absolute Gasteiger partial charge is 0.457 e. The lowest BCUT2D eigenvalue weighted by atomic mass is 10.1. The van der Waals surface area contributed by atoms with Crippen molar-refractivity contribution in [3.63, 3.8) is 0 Å². The zero-order valence-electron chi connectivity index (χ0n) is 18.6. The summed E-state index contributed by atoms with van der Waals surface area (Å²) in [5.41, 5.74) is 2.48. The van der Waals surface area contributed by atoms with Gasteiger partial charge in [-0.25, -0.2) is 9.18 Å². The Kier molecular flexibility index (Phi) is 6.07. The maximum Gasteiger partial charge on any atom is 0.326 e. The molecule has 0 radical (unpaired) electrons. The lowest BCUT2D eigenvalue weighted by molar-refractivity contribution is 0.261. The SMILES string of the molecule is Cc1c(Oc2ccnc(-c3cnn(C)c3)c2)ccc(NC(=O)Nc2cc(C(C)C)no2)c1F. The van der Waals surface area contributed by atoms with Crippen molar-refractivity contribution in [2.45, 2.75) is 26.7 Å². The topological polar surface area (TPSA) is 107 Å². The van der Waals surface area contributed by atoms with Crippen molar-refractivity contribution in [2.24, 2.45) is 7.05 Å². The van der Waals surface area contributed by atoms with Crippen LogP contribution in [0.2, 0.25) is 0 Å². The fourth-order valence-corrected chi connectivity index (χ4v) is 3.07. The minimum Gasteiger partial charge on any atom is -0.457 e. The van der Waals surface area contributed by atoms with Gasteiger partial charge in [0.05, 0.1) is 23.3 Å². The highest BCUT2D eigenvalue weighted by Gasteiger charge is 2.16. The number of hydrogen-bond acceptors (Lipinski definition) is 6. The molecule has 2 N–H and O–H groups in total. The highest BCUT2D eigenvalue weighted by atomic mass is 19.1. The fraction of sp³-hybridized carbons (Fsp3) is 0.217.